The smallest absolute Gasteiger partial charge is 0.0354 e. The summed E-state index contributed by atoms with van der Waals surface area (Å²) in [5.74, 6) is 0. The molecule has 0 atom stereocenters. The Bertz CT molecular complexity index is 531. The maximum atomic E-state index is 3.88. The molecular weight excluding hydrogens is 262 g/mol. The van der Waals surface area contributed by atoms with Gasteiger partial charge < -0.3 is 5.32 Å². The number of benzene rings is 2. The van der Waals surface area contributed by atoms with Crippen molar-refractivity contribution in [3.05, 3.63) is 53.0 Å². The number of fused-ring (bicyclic) bond motifs is 1. The molecule has 0 unspecified atom stereocenters. The van der Waals surface area contributed by atoms with Crippen molar-refractivity contribution in [2.45, 2.75) is 6.92 Å². The summed E-state index contributed by atoms with van der Waals surface area (Å²) in [4.78, 5) is 0. The summed E-state index contributed by atoms with van der Waals surface area (Å²) in [6, 6.07) is 12.7. The minimum atomic E-state index is 0.821. The predicted octanol–water partition coefficient (Wildman–Crippen LogP) is 4.59. The predicted molar refractivity (Wildman–Crippen MR) is 75.0 cm³/mol. The van der Waals surface area contributed by atoms with E-state index in [1.165, 1.54) is 10.8 Å². The van der Waals surface area contributed by atoms with Crippen molar-refractivity contribution in [3.8, 4) is 0 Å². The SMILES string of the molecule is C=C(C)CNc1ccc2cc(Br)ccc2c1. The van der Waals surface area contributed by atoms with Crippen LogP contribution in [0.3, 0.4) is 0 Å². The Hall–Kier alpha value is -1.28. The lowest BCUT2D eigenvalue weighted by Gasteiger charge is -2.07. The van der Waals surface area contributed by atoms with Crippen LogP contribution in [-0.2, 0) is 0 Å². The van der Waals surface area contributed by atoms with Crippen LogP contribution >= 0.6 is 15.9 Å². The Labute approximate surface area is 104 Å². The molecule has 2 aromatic carbocycles. The van der Waals surface area contributed by atoms with Crippen LogP contribution in [0, 0.1) is 0 Å². The third-order valence-electron chi connectivity index (χ3n) is 2.40. The van der Waals surface area contributed by atoms with Crippen molar-refractivity contribution in [1.29, 1.82) is 0 Å². The summed E-state index contributed by atoms with van der Waals surface area (Å²) in [7, 11) is 0. The summed E-state index contributed by atoms with van der Waals surface area (Å²) in [5, 5.41) is 5.83. The van der Waals surface area contributed by atoms with Crippen LogP contribution in [-0.4, -0.2) is 6.54 Å². The molecule has 0 aromatic heterocycles. The van der Waals surface area contributed by atoms with Crippen LogP contribution in [0.4, 0.5) is 5.69 Å². The van der Waals surface area contributed by atoms with Gasteiger partial charge in [0, 0.05) is 16.7 Å². The third kappa shape index (κ3) is 2.64. The van der Waals surface area contributed by atoms with E-state index in [1.807, 2.05) is 6.92 Å². The lowest BCUT2D eigenvalue weighted by atomic mass is 10.1. The van der Waals surface area contributed by atoms with E-state index in [-0.39, 0.29) is 0 Å². The van der Waals surface area contributed by atoms with E-state index in [1.54, 1.807) is 0 Å². The van der Waals surface area contributed by atoms with Crippen molar-refractivity contribution >= 4 is 32.4 Å². The average Bonchev–Trinajstić information content (AvgIpc) is 2.26. The molecule has 0 bridgehead atoms. The van der Waals surface area contributed by atoms with Gasteiger partial charge in [0.25, 0.3) is 0 Å². The molecule has 0 heterocycles. The highest BCUT2D eigenvalue weighted by atomic mass is 79.9. The van der Waals surface area contributed by atoms with Gasteiger partial charge in [0.1, 0.15) is 0 Å². The van der Waals surface area contributed by atoms with Gasteiger partial charge in [0.05, 0.1) is 0 Å². The molecular formula is C14H14BrN. The van der Waals surface area contributed by atoms with Crippen molar-refractivity contribution in [1.82, 2.24) is 0 Å². The van der Waals surface area contributed by atoms with Gasteiger partial charge in [-0.3, -0.25) is 0 Å². The molecule has 0 amide bonds. The zero-order chi connectivity index (χ0) is 11.5. The minimum Gasteiger partial charge on any atom is -0.381 e. The highest BCUT2D eigenvalue weighted by Crippen LogP contribution is 2.22. The molecule has 0 radical (unpaired) electrons. The topological polar surface area (TPSA) is 12.0 Å². The average molecular weight is 276 g/mol. The Balaban J connectivity index is 2.30. The summed E-state index contributed by atoms with van der Waals surface area (Å²) >= 11 is 3.47. The zero-order valence-electron chi connectivity index (χ0n) is 9.26. The normalized spacial score (nSPS) is 10.4. The van der Waals surface area contributed by atoms with Crippen molar-refractivity contribution in [3.63, 3.8) is 0 Å². The fourth-order valence-electron chi connectivity index (χ4n) is 1.58. The molecule has 2 heteroatoms. The quantitative estimate of drug-likeness (QED) is 0.808. The lowest BCUT2D eigenvalue weighted by Crippen LogP contribution is -2.01. The molecule has 0 spiro atoms. The summed E-state index contributed by atoms with van der Waals surface area (Å²) < 4.78 is 1.11. The first kappa shape index (κ1) is 11.2. The van der Waals surface area contributed by atoms with Gasteiger partial charge in [-0.15, -0.1) is 0 Å². The molecule has 82 valence electrons. The van der Waals surface area contributed by atoms with Crippen LogP contribution in [0.2, 0.25) is 0 Å². The number of halogens is 1. The van der Waals surface area contributed by atoms with Crippen LogP contribution in [0.25, 0.3) is 10.8 Å². The highest BCUT2D eigenvalue weighted by Gasteiger charge is 1.97. The Morgan fingerprint density at radius 3 is 2.62 bits per heavy atom. The van der Waals surface area contributed by atoms with Crippen LogP contribution in [0.5, 0.6) is 0 Å². The second kappa shape index (κ2) is 4.71. The maximum Gasteiger partial charge on any atom is 0.0354 e. The van der Waals surface area contributed by atoms with Gasteiger partial charge >= 0.3 is 0 Å². The molecule has 2 aromatic rings. The molecule has 16 heavy (non-hydrogen) atoms. The summed E-state index contributed by atoms with van der Waals surface area (Å²) in [6.07, 6.45) is 0. The number of rotatable bonds is 3. The van der Waals surface area contributed by atoms with Gasteiger partial charge in [-0.2, -0.15) is 0 Å². The molecule has 1 N–H and O–H groups in total. The monoisotopic (exact) mass is 275 g/mol. The van der Waals surface area contributed by atoms with Gasteiger partial charge in [-0.05, 0) is 42.0 Å². The first-order chi connectivity index (χ1) is 7.65. The molecule has 0 saturated heterocycles. The van der Waals surface area contributed by atoms with E-state index in [4.69, 9.17) is 0 Å². The summed E-state index contributed by atoms with van der Waals surface area (Å²) in [6.45, 7) is 6.72. The minimum absolute atomic E-state index is 0.821. The van der Waals surface area contributed by atoms with Gasteiger partial charge in [-0.25, -0.2) is 0 Å². The second-order valence-electron chi connectivity index (χ2n) is 4.02. The van der Waals surface area contributed by atoms with Gasteiger partial charge in [0.15, 0.2) is 0 Å². The molecule has 2 rings (SSSR count). The van der Waals surface area contributed by atoms with E-state index in [2.05, 4.69) is 64.2 Å². The molecule has 0 saturated carbocycles. The maximum absolute atomic E-state index is 3.88. The standard InChI is InChI=1S/C14H14BrN/c1-10(2)9-16-14-6-4-11-7-13(15)5-3-12(11)8-14/h3-8,16H,1,9H2,2H3. The van der Waals surface area contributed by atoms with Crippen LogP contribution < -0.4 is 5.32 Å². The number of hydrogen-bond acceptors (Lipinski definition) is 1. The molecule has 0 fully saturated rings. The third-order valence-corrected chi connectivity index (χ3v) is 2.89. The first-order valence-corrected chi connectivity index (χ1v) is 6.02. The van der Waals surface area contributed by atoms with Gasteiger partial charge in [0.2, 0.25) is 0 Å². The summed E-state index contributed by atoms with van der Waals surface area (Å²) in [5.41, 5.74) is 2.27. The van der Waals surface area contributed by atoms with E-state index < -0.39 is 0 Å². The Morgan fingerprint density at radius 1 is 1.19 bits per heavy atom. The molecule has 0 aliphatic heterocycles. The Kier molecular flexibility index (Phi) is 3.30. The van der Waals surface area contributed by atoms with E-state index in [0.717, 1.165) is 22.3 Å². The number of anilines is 1. The molecule has 1 nitrogen and oxygen atoms in total. The van der Waals surface area contributed by atoms with Crippen molar-refractivity contribution < 1.29 is 0 Å². The van der Waals surface area contributed by atoms with Crippen LogP contribution in [0.15, 0.2) is 53.0 Å². The number of hydrogen-bond donors (Lipinski definition) is 1. The Morgan fingerprint density at radius 2 is 1.88 bits per heavy atom. The fraction of sp³-hybridized carbons (Fsp3) is 0.143. The first-order valence-electron chi connectivity index (χ1n) is 5.23. The largest absolute Gasteiger partial charge is 0.381 e. The fourth-order valence-corrected chi connectivity index (χ4v) is 1.96. The molecule has 0 aliphatic carbocycles. The van der Waals surface area contributed by atoms with Crippen molar-refractivity contribution in [2.75, 3.05) is 11.9 Å². The lowest BCUT2D eigenvalue weighted by molar-refractivity contribution is 1.22. The van der Waals surface area contributed by atoms with Gasteiger partial charge in [-0.1, -0.05) is 40.2 Å². The van der Waals surface area contributed by atoms with E-state index in [9.17, 15) is 0 Å². The highest BCUT2D eigenvalue weighted by molar-refractivity contribution is 9.10. The van der Waals surface area contributed by atoms with E-state index >= 15 is 0 Å². The van der Waals surface area contributed by atoms with Crippen LogP contribution in [0.1, 0.15) is 6.92 Å². The zero-order valence-corrected chi connectivity index (χ0v) is 10.8. The van der Waals surface area contributed by atoms with Crippen molar-refractivity contribution in [2.24, 2.45) is 0 Å². The van der Waals surface area contributed by atoms with E-state index in [0.29, 0.717) is 0 Å². The molecule has 0 aliphatic rings. The second-order valence-corrected chi connectivity index (χ2v) is 4.93. The number of nitrogens with one attached hydrogen (secondary N) is 1.